The van der Waals surface area contributed by atoms with Crippen LogP contribution in [0.3, 0.4) is 0 Å². The number of carbonyl (C=O) groups is 3. The van der Waals surface area contributed by atoms with Crippen molar-refractivity contribution in [3.8, 4) is 0 Å². The van der Waals surface area contributed by atoms with Gasteiger partial charge in [-0.1, -0.05) is 13.8 Å². The third-order valence-electron chi connectivity index (χ3n) is 4.90. The Morgan fingerprint density at radius 2 is 1.90 bits per heavy atom. The summed E-state index contributed by atoms with van der Waals surface area (Å²) in [5.74, 6) is -2.47. The maximum absolute atomic E-state index is 12.7. The maximum atomic E-state index is 12.7. The van der Waals surface area contributed by atoms with Gasteiger partial charge in [0.2, 0.25) is 5.91 Å². The van der Waals surface area contributed by atoms with Crippen molar-refractivity contribution >= 4 is 17.8 Å². The molecule has 3 unspecified atom stereocenters. The van der Waals surface area contributed by atoms with E-state index in [1.165, 1.54) is 7.11 Å². The van der Waals surface area contributed by atoms with Crippen molar-refractivity contribution in [3.05, 3.63) is 0 Å². The molecule has 0 bridgehead atoms. The average Bonchev–Trinajstić information content (AvgIpc) is 3.01. The number of aliphatic carboxylic acids is 1. The monoisotopic (exact) mass is 297 g/mol. The van der Waals surface area contributed by atoms with Gasteiger partial charge in [0.1, 0.15) is 0 Å². The summed E-state index contributed by atoms with van der Waals surface area (Å²) in [5.41, 5.74) is -0.504. The van der Waals surface area contributed by atoms with Crippen LogP contribution in [0.15, 0.2) is 0 Å². The molecule has 0 aromatic carbocycles. The highest BCUT2D eigenvalue weighted by atomic mass is 16.5. The number of likely N-dealkylation sites (tertiary alicyclic amines) is 1. The van der Waals surface area contributed by atoms with E-state index < -0.39 is 23.2 Å². The lowest BCUT2D eigenvalue weighted by molar-refractivity contribution is -0.147. The number of methoxy groups -OCH3 is 1. The highest BCUT2D eigenvalue weighted by Gasteiger charge is 2.66. The van der Waals surface area contributed by atoms with Crippen LogP contribution in [-0.2, 0) is 19.1 Å². The van der Waals surface area contributed by atoms with Crippen LogP contribution in [0, 0.1) is 17.3 Å². The average molecular weight is 297 g/mol. The molecule has 3 atom stereocenters. The molecule has 6 nitrogen and oxygen atoms in total. The van der Waals surface area contributed by atoms with Crippen LogP contribution in [-0.4, -0.2) is 47.5 Å². The van der Waals surface area contributed by atoms with Crippen molar-refractivity contribution in [2.24, 2.45) is 17.3 Å². The summed E-state index contributed by atoms with van der Waals surface area (Å²) < 4.78 is 4.69. The molecule has 0 aromatic rings. The summed E-state index contributed by atoms with van der Waals surface area (Å²) in [6.45, 7) is 4.22. The first-order valence-electron chi connectivity index (χ1n) is 7.40. The third-order valence-corrected chi connectivity index (χ3v) is 4.90. The Kier molecular flexibility index (Phi) is 4.25. The lowest BCUT2D eigenvalue weighted by atomic mass is 9.98. The largest absolute Gasteiger partial charge is 0.481 e. The van der Waals surface area contributed by atoms with Crippen LogP contribution in [0.4, 0.5) is 0 Å². The molecule has 118 valence electrons. The predicted octanol–water partition coefficient (Wildman–Crippen LogP) is 1.29. The van der Waals surface area contributed by atoms with Crippen molar-refractivity contribution in [2.75, 3.05) is 13.7 Å². The predicted molar refractivity (Wildman–Crippen MR) is 74.4 cm³/mol. The van der Waals surface area contributed by atoms with Crippen LogP contribution in [0.25, 0.3) is 0 Å². The molecule has 0 radical (unpaired) electrons. The van der Waals surface area contributed by atoms with Gasteiger partial charge in [0.15, 0.2) is 0 Å². The summed E-state index contributed by atoms with van der Waals surface area (Å²) in [6, 6.07) is -0.162. The standard InChI is InChI=1S/C15H23NO5/c1-15(2)11(12(15)14(19)20)13(18)16-7-5-4-6-9(16)8-10(17)21-3/h9,11-12H,4-8H2,1-3H3,(H,19,20). The molecule has 2 aliphatic rings. The van der Waals surface area contributed by atoms with E-state index in [4.69, 9.17) is 0 Å². The van der Waals surface area contributed by atoms with Crippen molar-refractivity contribution in [3.63, 3.8) is 0 Å². The first kappa shape index (κ1) is 15.8. The molecule has 1 saturated carbocycles. The smallest absolute Gasteiger partial charge is 0.307 e. The second-order valence-corrected chi connectivity index (χ2v) is 6.58. The highest BCUT2D eigenvalue weighted by molar-refractivity contribution is 5.92. The third kappa shape index (κ3) is 2.89. The van der Waals surface area contributed by atoms with Gasteiger partial charge in [-0.05, 0) is 24.7 Å². The Bertz CT molecular complexity index is 459. The fourth-order valence-corrected chi connectivity index (χ4v) is 3.52. The summed E-state index contributed by atoms with van der Waals surface area (Å²) in [7, 11) is 1.34. The molecule has 1 amide bonds. The number of hydrogen-bond donors (Lipinski definition) is 1. The SMILES string of the molecule is COC(=O)CC1CCCCN1C(=O)C1C(C(=O)O)C1(C)C. The number of rotatable bonds is 4. The van der Waals surface area contributed by atoms with E-state index in [0.29, 0.717) is 6.54 Å². The summed E-state index contributed by atoms with van der Waals surface area (Å²) in [4.78, 5) is 37.1. The topological polar surface area (TPSA) is 83.9 Å². The van der Waals surface area contributed by atoms with Crippen molar-refractivity contribution in [1.29, 1.82) is 0 Å². The number of nitrogens with zero attached hydrogens (tertiary/aromatic N) is 1. The zero-order chi connectivity index (χ0) is 15.8. The van der Waals surface area contributed by atoms with Gasteiger partial charge in [0.05, 0.1) is 25.4 Å². The van der Waals surface area contributed by atoms with E-state index in [1.807, 2.05) is 13.8 Å². The van der Waals surface area contributed by atoms with Gasteiger partial charge in [-0.15, -0.1) is 0 Å². The fourth-order valence-electron chi connectivity index (χ4n) is 3.52. The van der Waals surface area contributed by atoms with Crippen LogP contribution in [0.5, 0.6) is 0 Å². The summed E-state index contributed by atoms with van der Waals surface area (Å²) in [5, 5.41) is 9.21. The van der Waals surface area contributed by atoms with Gasteiger partial charge >= 0.3 is 11.9 Å². The Hall–Kier alpha value is -1.59. The minimum absolute atomic E-state index is 0.124. The molecule has 6 heteroatoms. The summed E-state index contributed by atoms with van der Waals surface area (Å²) >= 11 is 0. The zero-order valence-corrected chi connectivity index (χ0v) is 12.8. The van der Waals surface area contributed by atoms with Crippen molar-refractivity contribution < 1.29 is 24.2 Å². The van der Waals surface area contributed by atoms with Gasteiger partial charge in [0.25, 0.3) is 0 Å². The van der Waals surface area contributed by atoms with Gasteiger partial charge in [-0.3, -0.25) is 14.4 Å². The van der Waals surface area contributed by atoms with Crippen molar-refractivity contribution in [1.82, 2.24) is 4.90 Å². The number of amides is 1. The number of esters is 1. The first-order chi connectivity index (χ1) is 9.80. The first-order valence-corrected chi connectivity index (χ1v) is 7.40. The van der Waals surface area contributed by atoms with E-state index in [9.17, 15) is 19.5 Å². The molecule has 1 saturated heterocycles. The molecule has 1 N–H and O–H groups in total. The Morgan fingerprint density at radius 1 is 1.24 bits per heavy atom. The highest BCUT2D eigenvalue weighted by Crippen LogP contribution is 2.59. The minimum atomic E-state index is -0.917. The number of ether oxygens (including phenoxy) is 1. The number of piperidine rings is 1. The quantitative estimate of drug-likeness (QED) is 0.790. The molecule has 1 aliphatic carbocycles. The van der Waals surface area contributed by atoms with E-state index in [1.54, 1.807) is 4.90 Å². The number of hydrogen-bond acceptors (Lipinski definition) is 4. The zero-order valence-electron chi connectivity index (χ0n) is 12.8. The molecular weight excluding hydrogens is 274 g/mol. The number of carboxylic acid groups (broad SMARTS) is 1. The van der Waals surface area contributed by atoms with Gasteiger partial charge in [-0.2, -0.15) is 0 Å². The minimum Gasteiger partial charge on any atom is -0.481 e. The van der Waals surface area contributed by atoms with Gasteiger partial charge < -0.3 is 14.7 Å². The van der Waals surface area contributed by atoms with Crippen LogP contribution >= 0.6 is 0 Å². The van der Waals surface area contributed by atoms with E-state index >= 15 is 0 Å². The molecule has 2 rings (SSSR count). The molecule has 0 aromatic heterocycles. The maximum Gasteiger partial charge on any atom is 0.307 e. The van der Waals surface area contributed by atoms with E-state index in [2.05, 4.69) is 4.74 Å². The van der Waals surface area contributed by atoms with E-state index in [-0.39, 0.29) is 24.3 Å². The van der Waals surface area contributed by atoms with Gasteiger partial charge in [-0.25, -0.2) is 0 Å². The molecule has 0 spiro atoms. The number of carboxylic acids is 1. The fraction of sp³-hybridized carbons (Fsp3) is 0.800. The Morgan fingerprint density at radius 3 is 2.43 bits per heavy atom. The normalized spacial score (nSPS) is 30.6. The molecular formula is C15H23NO5. The molecule has 1 heterocycles. The lowest BCUT2D eigenvalue weighted by Gasteiger charge is -2.35. The molecule has 21 heavy (non-hydrogen) atoms. The van der Waals surface area contributed by atoms with Crippen molar-refractivity contribution in [2.45, 2.75) is 45.6 Å². The second-order valence-electron chi connectivity index (χ2n) is 6.58. The van der Waals surface area contributed by atoms with Crippen LogP contribution < -0.4 is 0 Å². The summed E-state index contributed by atoms with van der Waals surface area (Å²) in [6.07, 6.45) is 2.83. The Labute approximate surface area is 124 Å². The molecule has 1 aliphatic heterocycles. The van der Waals surface area contributed by atoms with E-state index in [0.717, 1.165) is 19.3 Å². The lowest BCUT2D eigenvalue weighted by Crippen LogP contribution is -2.46. The Balaban J connectivity index is 2.09. The van der Waals surface area contributed by atoms with Gasteiger partial charge in [0, 0.05) is 12.6 Å². The number of carbonyl (C=O) groups excluding carboxylic acids is 2. The molecule has 2 fully saturated rings. The van der Waals surface area contributed by atoms with Crippen LogP contribution in [0.1, 0.15) is 39.5 Å². The van der Waals surface area contributed by atoms with Crippen LogP contribution in [0.2, 0.25) is 0 Å². The second kappa shape index (κ2) is 5.66.